The normalized spacial score (nSPS) is 11.9. The SMILES string of the molecule is CC(C)(C)C(=O)CNS(=O)(=O)c1ccc(C#N)cc1. The zero-order valence-corrected chi connectivity index (χ0v) is 11.9. The van der Waals surface area contributed by atoms with E-state index >= 15 is 0 Å². The third kappa shape index (κ3) is 4.16. The van der Waals surface area contributed by atoms with Crippen LogP contribution in [0.25, 0.3) is 0 Å². The molecule has 0 unspecified atom stereocenters. The monoisotopic (exact) mass is 280 g/mol. The molecule has 0 aliphatic carbocycles. The number of hydrogen-bond acceptors (Lipinski definition) is 4. The van der Waals surface area contributed by atoms with Gasteiger partial charge >= 0.3 is 0 Å². The first-order chi connectivity index (χ1) is 8.66. The van der Waals surface area contributed by atoms with Gasteiger partial charge in [0.05, 0.1) is 23.1 Å². The van der Waals surface area contributed by atoms with Gasteiger partial charge in [0.1, 0.15) is 0 Å². The fourth-order valence-corrected chi connectivity index (χ4v) is 2.20. The highest BCUT2D eigenvalue weighted by molar-refractivity contribution is 7.89. The van der Waals surface area contributed by atoms with E-state index in [0.717, 1.165) is 0 Å². The van der Waals surface area contributed by atoms with Gasteiger partial charge in [-0.05, 0) is 24.3 Å². The third-order valence-corrected chi connectivity index (χ3v) is 3.97. The maximum absolute atomic E-state index is 11.9. The van der Waals surface area contributed by atoms with Crippen LogP contribution in [0.4, 0.5) is 0 Å². The van der Waals surface area contributed by atoms with E-state index in [1.807, 2.05) is 6.07 Å². The summed E-state index contributed by atoms with van der Waals surface area (Å²) in [7, 11) is -3.72. The van der Waals surface area contributed by atoms with Crippen molar-refractivity contribution in [2.75, 3.05) is 6.54 Å². The lowest BCUT2D eigenvalue weighted by atomic mass is 9.91. The van der Waals surface area contributed by atoms with E-state index in [1.54, 1.807) is 20.8 Å². The molecule has 0 saturated carbocycles. The Kier molecular flexibility index (Phi) is 4.45. The number of carbonyl (C=O) groups is 1. The van der Waals surface area contributed by atoms with Crippen molar-refractivity contribution in [3.8, 4) is 6.07 Å². The molecule has 0 spiro atoms. The maximum atomic E-state index is 11.9. The predicted molar refractivity (Wildman–Crippen MR) is 70.8 cm³/mol. The van der Waals surface area contributed by atoms with Crippen molar-refractivity contribution in [3.05, 3.63) is 29.8 Å². The largest absolute Gasteiger partial charge is 0.298 e. The van der Waals surface area contributed by atoms with Crippen molar-refractivity contribution in [2.45, 2.75) is 25.7 Å². The molecule has 102 valence electrons. The van der Waals surface area contributed by atoms with Gasteiger partial charge in [0.25, 0.3) is 0 Å². The zero-order valence-electron chi connectivity index (χ0n) is 11.1. The number of carbonyl (C=O) groups excluding carboxylic acids is 1. The van der Waals surface area contributed by atoms with E-state index in [-0.39, 0.29) is 17.2 Å². The quantitative estimate of drug-likeness (QED) is 0.904. The van der Waals surface area contributed by atoms with Crippen molar-refractivity contribution < 1.29 is 13.2 Å². The molecule has 0 aromatic heterocycles. The van der Waals surface area contributed by atoms with Crippen LogP contribution in [-0.4, -0.2) is 20.7 Å². The molecule has 0 aliphatic rings. The van der Waals surface area contributed by atoms with E-state index in [0.29, 0.717) is 5.56 Å². The van der Waals surface area contributed by atoms with E-state index in [4.69, 9.17) is 5.26 Å². The van der Waals surface area contributed by atoms with Gasteiger partial charge in [-0.2, -0.15) is 5.26 Å². The molecule has 1 rings (SSSR count). The van der Waals surface area contributed by atoms with Crippen LogP contribution < -0.4 is 4.72 Å². The minimum absolute atomic E-state index is 0.0354. The van der Waals surface area contributed by atoms with E-state index < -0.39 is 15.4 Å². The molecule has 0 heterocycles. The van der Waals surface area contributed by atoms with Crippen LogP contribution in [0.3, 0.4) is 0 Å². The minimum Gasteiger partial charge on any atom is -0.298 e. The highest BCUT2D eigenvalue weighted by atomic mass is 32.2. The van der Waals surface area contributed by atoms with Gasteiger partial charge in [-0.25, -0.2) is 13.1 Å². The Bertz CT molecular complexity index is 605. The van der Waals surface area contributed by atoms with Gasteiger partial charge in [-0.15, -0.1) is 0 Å². The smallest absolute Gasteiger partial charge is 0.240 e. The molecule has 0 saturated heterocycles. The third-order valence-electron chi connectivity index (χ3n) is 2.55. The number of sulfonamides is 1. The lowest BCUT2D eigenvalue weighted by Crippen LogP contribution is -2.35. The molecule has 0 bridgehead atoms. The van der Waals surface area contributed by atoms with Gasteiger partial charge in [-0.3, -0.25) is 4.79 Å². The van der Waals surface area contributed by atoms with Crippen LogP contribution in [-0.2, 0) is 14.8 Å². The molecule has 1 aromatic carbocycles. The number of benzene rings is 1. The number of rotatable bonds is 4. The maximum Gasteiger partial charge on any atom is 0.240 e. The van der Waals surface area contributed by atoms with Crippen LogP contribution in [0.1, 0.15) is 26.3 Å². The predicted octanol–water partition coefficient (Wildman–Crippen LogP) is 1.45. The highest BCUT2D eigenvalue weighted by Crippen LogP contribution is 2.15. The molecule has 0 radical (unpaired) electrons. The second-order valence-corrected chi connectivity index (χ2v) is 6.90. The fraction of sp³-hybridized carbons (Fsp3) is 0.385. The Labute approximate surface area is 113 Å². The molecule has 0 fully saturated rings. The average molecular weight is 280 g/mol. The Morgan fingerprint density at radius 1 is 1.26 bits per heavy atom. The zero-order chi connectivity index (χ0) is 14.7. The molecule has 0 aliphatic heterocycles. The molecule has 0 atom stereocenters. The van der Waals surface area contributed by atoms with Gasteiger partial charge in [0, 0.05) is 5.41 Å². The molecule has 0 amide bonds. The molecule has 6 heteroatoms. The summed E-state index contributed by atoms with van der Waals surface area (Å²) in [5, 5.41) is 8.64. The number of nitrogens with zero attached hydrogens (tertiary/aromatic N) is 1. The van der Waals surface area contributed by atoms with E-state index in [9.17, 15) is 13.2 Å². The second-order valence-electron chi connectivity index (χ2n) is 5.13. The minimum atomic E-state index is -3.72. The van der Waals surface area contributed by atoms with Crippen LogP contribution in [0.15, 0.2) is 29.2 Å². The molecule has 1 aromatic rings. The topological polar surface area (TPSA) is 87.0 Å². The summed E-state index contributed by atoms with van der Waals surface area (Å²) >= 11 is 0. The van der Waals surface area contributed by atoms with Crippen molar-refractivity contribution in [3.63, 3.8) is 0 Å². The first kappa shape index (κ1) is 15.3. The van der Waals surface area contributed by atoms with E-state index in [1.165, 1.54) is 24.3 Å². The Balaban J connectivity index is 2.82. The summed E-state index contributed by atoms with van der Waals surface area (Å²) < 4.78 is 26.1. The Morgan fingerprint density at radius 2 is 1.79 bits per heavy atom. The summed E-state index contributed by atoms with van der Waals surface area (Å²) in [6.45, 7) is 4.94. The Morgan fingerprint density at radius 3 is 2.21 bits per heavy atom. The molecule has 1 N–H and O–H groups in total. The Hall–Kier alpha value is -1.71. The van der Waals surface area contributed by atoms with Gasteiger partial charge in [0.15, 0.2) is 5.78 Å². The summed E-state index contributed by atoms with van der Waals surface area (Å²) in [4.78, 5) is 11.7. The first-order valence-electron chi connectivity index (χ1n) is 5.70. The lowest BCUT2D eigenvalue weighted by Gasteiger charge is -2.16. The van der Waals surface area contributed by atoms with Gasteiger partial charge < -0.3 is 0 Å². The van der Waals surface area contributed by atoms with E-state index in [2.05, 4.69) is 4.72 Å². The van der Waals surface area contributed by atoms with Gasteiger partial charge in [-0.1, -0.05) is 20.8 Å². The van der Waals surface area contributed by atoms with Gasteiger partial charge in [0.2, 0.25) is 10.0 Å². The van der Waals surface area contributed by atoms with Crippen LogP contribution in [0.5, 0.6) is 0 Å². The molecule has 5 nitrogen and oxygen atoms in total. The number of nitriles is 1. The molecule has 19 heavy (non-hydrogen) atoms. The summed E-state index contributed by atoms with van der Waals surface area (Å²) in [5.41, 5.74) is -0.211. The number of Topliss-reactive ketones (excluding diaryl/α,β-unsaturated/α-hetero) is 1. The van der Waals surface area contributed by atoms with Crippen LogP contribution in [0.2, 0.25) is 0 Å². The van der Waals surface area contributed by atoms with Crippen molar-refractivity contribution in [2.24, 2.45) is 5.41 Å². The first-order valence-corrected chi connectivity index (χ1v) is 7.18. The average Bonchev–Trinajstić information content (AvgIpc) is 2.35. The van der Waals surface area contributed by atoms with Crippen LogP contribution in [0, 0.1) is 16.7 Å². The number of nitrogens with one attached hydrogen (secondary N) is 1. The van der Waals surface area contributed by atoms with Crippen molar-refractivity contribution in [1.82, 2.24) is 4.72 Å². The lowest BCUT2D eigenvalue weighted by molar-refractivity contribution is -0.125. The number of ketones is 1. The summed E-state index contributed by atoms with van der Waals surface area (Å²) in [6, 6.07) is 7.41. The highest BCUT2D eigenvalue weighted by Gasteiger charge is 2.23. The van der Waals surface area contributed by atoms with Crippen molar-refractivity contribution in [1.29, 1.82) is 5.26 Å². The van der Waals surface area contributed by atoms with Crippen LogP contribution >= 0.6 is 0 Å². The molecular weight excluding hydrogens is 264 g/mol. The molecular formula is C13H16N2O3S. The standard InChI is InChI=1S/C13H16N2O3S/c1-13(2,3)12(16)9-15-19(17,18)11-6-4-10(8-14)5-7-11/h4-7,15H,9H2,1-3H3. The number of hydrogen-bond donors (Lipinski definition) is 1. The summed E-state index contributed by atoms with van der Waals surface area (Å²) in [5.74, 6) is -0.190. The fourth-order valence-electron chi connectivity index (χ4n) is 1.22. The summed E-state index contributed by atoms with van der Waals surface area (Å²) in [6.07, 6.45) is 0. The second kappa shape index (κ2) is 5.51. The van der Waals surface area contributed by atoms with Crippen molar-refractivity contribution >= 4 is 15.8 Å².